The maximum absolute atomic E-state index is 12.7. The Labute approximate surface area is 113 Å². The van der Waals surface area contributed by atoms with Gasteiger partial charge in [-0.3, -0.25) is 10.1 Å². The van der Waals surface area contributed by atoms with Gasteiger partial charge in [-0.25, -0.2) is 0 Å². The summed E-state index contributed by atoms with van der Waals surface area (Å²) in [5, 5.41) is 4.66. The number of alkyl halides is 3. The van der Waals surface area contributed by atoms with E-state index in [1.54, 1.807) is 0 Å². The van der Waals surface area contributed by atoms with Crippen molar-refractivity contribution in [3.05, 3.63) is 28.8 Å². The van der Waals surface area contributed by atoms with E-state index in [2.05, 4.69) is 16.6 Å². The summed E-state index contributed by atoms with van der Waals surface area (Å²) in [6.45, 7) is -0.0235. The summed E-state index contributed by atoms with van der Waals surface area (Å²) in [6.07, 6.45) is 0.360. The summed E-state index contributed by atoms with van der Waals surface area (Å²) < 4.78 is 38.2. The fraction of sp³-hybridized carbons (Fsp3) is 0.250. The van der Waals surface area contributed by atoms with E-state index in [4.69, 9.17) is 18.0 Å². The van der Waals surface area contributed by atoms with Gasteiger partial charge in [0.1, 0.15) is 0 Å². The summed E-state index contributed by atoms with van der Waals surface area (Å²) in [4.78, 5) is 11.4. The molecular weight excluding hydrogens is 281 g/mol. The number of rotatable bonds is 4. The molecule has 1 amide bonds. The molecule has 0 unspecified atom stereocenters. The first-order chi connectivity index (χ1) is 8.84. The van der Waals surface area contributed by atoms with Gasteiger partial charge >= 0.3 is 6.18 Å². The van der Waals surface area contributed by atoms with E-state index in [9.17, 15) is 18.0 Å². The highest BCUT2D eigenvalue weighted by molar-refractivity contribution is 6.30. The number of terminal acetylenes is 1. The predicted molar refractivity (Wildman–Crippen MR) is 66.8 cm³/mol. The monoisotopic (exact) mass is 290 g/mol. The van der Waals surface area contributed by atoms with Crippen molar-refractivity contribution in [3.63, 3.8) is 0 Å². The molecule has 7 heteroatoms. The number of hydrogen-bond donors (Lipinski definition) is 2. The lowest BCUT2D eigenvalue weighted by molar-refractivity contribution is -0.137. The Bertz CT molecular complexity index is 509. The first-order valence-electron chi connectivity index (χ1n) is 5.15. The van der Waals surface area contributed by atoms with Crippen molar-refractivity contribution in [3.8, 4) is 12.3 Å². The number of benzene rings is 1. The van der Waals surface area contributed by atoms with Gasteiger partial charge in [-0.1, -0.05) is 17.5 Å². The molecule has 1 aromatic carbocycles. The minimum Gasteiger partial charge on any atom is -0.324 e. The molecule has 0 fully saturated rings. The van der Waals surface area contributed by atoms with Crippen LogP contribution in [0.25, 0.3) is 0 Å². The molecule has 0 aromatic heterocycles. The molecule has 0 atom stereocenters. The van der Waals surface area contributed by atoms with E-state index in [0.717, 1.165) is 12.1 Å². The van der Waals surface area contributed by atoms with Crippen molar-refractivity contribution < 1.29 is 18.0 Å². The Morgan fingerprint density at radius 2 is 2.11 bits per heavy atom. The lowest BCUT2D eigenvalue weighted by atomic mass is 10.1. The van der Waals surface area contributed by atoms with Crippen LogP contribution in [-0.2, 0) is 11.0 Å². The lowest BCUT2D eigenvalue weighted by Crippen LogP contribution is -2.29. The smallest absolute Gasteiger partial charge is 0.324 e. The van der Waals surface area contributed by atoms with Crippen LogP contribution in [0.15, 0.2) is 18.2 Å². The van der Waals surface area contributed by atoms with Gasteiger partial charge in [-0.15, -0.1) is 6.42 Å². The van der Waals surface area contributed by atoms with Crippen molar-refractivity contribution in [2.75, 3.05) is 18.4 Å². The van der Waals surface area contributed by atoms with E-state index in [1.807, 2.05) is 0 Å². The van der Waals surface area contributed by atoms with Crippen LogP contribution >= 0.6 is 11.6 Å². The number of hydrogen-bond acceptors (Lipinski definition) is 2. The van der Waals surface area contributed by atoms with Crippen LogP contribution in [0.2, 0.25) is 5.02 Å². The van der Waals surface area contributed by atoms with Crippen molar-refractivity contribution in [2.24, 2.45) is 0 Å². The van der Waals surface area contributed by atoms with Gasteiger partial charge in [-0.2, -0.15) is 13.2 Å². The van der Waals surface area contributed by atoms with E-state index >= 15 is 0 Å². The number of amides is 1. The Kier molecular flexibility index (Phi) is 5.21. The zero-order valence-corrected chi connectivity index (χ0v) is 10.4. The Morgan fingerprint density at radius 1 is 1.42 bits per heavy atom. The van der Waals surface area contributed by atoms with Crippen molar-refractivity contribution in [1.29, 1.82) is 0 Å². The quantitative estimate of drug-likeness (QED) is 0.661. The highest BCUT2D eigenvalue weighted by atomic mass is 35.5. The van der Waals surface area contributed by atoms with Gasteiger partial charge in [-0.05, 0) is 18.2 Å². The molecule has 0 saturated carbocycles. The first-order valence-corrected chi connectivity index (χ1v) is 5.53. The summed E-state index contributed by atoms with van der Waals surface area (Å²) in [6, 6.07) is 3.12. The third-order valence-electron chi connectivity index (χ3n) is 2.07. The second kappa shape index (κ2) is 6.45. The fourth-order valence-electron chi connectivity index (χ4n) is 1.30. The molecule has 0 aliphatic carbocycles. The largest absolute Gasteiger partial charge is 0.418 e. The molecule has 0 radical (unpaired) electrons. The zero-order chi connectivity index (χ0) is 14.5. The molecule has 0 spiro atoms. The molecule has 3 nitrogen and oxygen atoms in total. The zero-order valence-electron chi connectivity index (χ0n) is 9.64. The second-order valence-electron chi connectivity index (χ2n) is 3.54. The van der Waals surface area contributed by atoms with Gasteiger partial charge in [0.05, 0.1) is 24.3 Å². The van der Waals surface area contributed by atoms with E-state index in [0.29, 0.717) is 0 Å². The predicted octanol–water partition coefficient (Wildman–Crippen LogP) is 2.52. The van der Waals surface area contributed by atoms with Crippen molar-refractivity contribution >= 4 is 23.2 Å². The molecule has 0 bridgehead atoms. The summed E-state index contributed by atoms with van der Waals surface area (Å²) in [5.41, 5.74) is -1.34. The Balaban J connectivity index is 2.84. The van der Waals surface area contributed by atoms with Crippen LogP contribution in [0.1, 0.15) is 5.56 Å². The van der Waals surface area contributed by atoms with Gasteiger partial charge in [0.25, 0.3) is 0 Å². The topological polar surface area (TPSA) is 41.1 Å². The average Bonchev–Trinajstić information content (AvgIpc) is 2.30. The van der Waals surface area contributed by atoms with Crippen LogP contribution < -0.4 is 10.6 Å². The molecule has 1 aromatic rings. The third kappa shape index (κ3) is 4.81. The van der Waals surface area contributed by atoms with E-state index < -0.39 is 17.6 Å². The minimum atomic E-state index is -4.60. The molecule has 1 rings (SSSR count). The maximum atomic E-state index is 12.7. The van der Waals surface area contributed by atoms with Crippen LogP contribution in [-0.4, -0.2) is 19.0 Å². The number of carbonyl (C=O) groups is 1. The minimum absolute atomic E-state index is 0.0595. The van der Waals surface area contributed by atoms with Gasteiger partial charge in [0.15, 0.2) is 0 Å². The molecule has 19 heavy (non-hydrogen) atoms. The van der Waals surface area contributed by atoms with Crippen LogP contribution in [0, 0.1) is 12.3 Å². The average molecular weight is 291 g/mol. The number of anilines is 1. The molecule has 0 saturated heterocycles. The van der Waals surface area contributed by atoms with Gasteiger partial charge < -0.3 is 5.32 Å². The van der Waals surface area contributed by atoms with Crippen LogP contribution in [0.3, 0.4) is 0 Å². The van der Waals surface area contributed by atoms with Crippen molar-refractivity contribution in [1.82, 2.24) is 5.32 Å². The lowest BCUT2D eigenvalue weighted by Gasteiger charge is -2.14. The van der Waals surface area contributed by atoms with Gasteiger partial charge in [0.2, 0.25) is 5.91 Å². The number of nitrogens with one attached hydrogen (secondary N) is 2. The summed E-state index contributed by atoms with van der Waals surface area (Å²) in [7, 11) is 0. The SMILES string of the molecule is C#CCNCC(=O)Nc1ccc(Cl)cc1C(F)(F)F. The highest BCUT2D eigenvalue weighted by Crippen LogP contribution is 2.36. The van der Waals surface area contributed by atoms with Crippen molar-refractivity contribution in [2.45, 2.75) is 6.18 Å². The van der Waals surface area contributed by atoms with Gasteiger partial charge in [0, 0.05) is 5.02 Å². The first kappa shape index (κ1) is 15.3. The van der Waals surface area contributed by atoms with Crippen LogP contribution in [0.4, 0.5) is 18.9 Å². The molecule has 0 heterocycles. The fourth-order valence-corrected chi connectivity index (χ4v) is 1.47. The van der Waals surface area contributed by atoms with E-state index in [1.165, 1.54) is 6.07 Å². The highest BCUT2D eigenvalue weighted by Gasteiger charge is 2.34. The Morgan fingerprint density at radius 3 is 2.68 bits per heavy atom. The standard InChI is InChI=1S/C12H10ClF3N2O/c1-2-5-17-7-11(19)18-10-4-3-8(13)6-9(10)12(14,15)16/h1,3-4,6,17H,5,7H2,(H,18,19). The normalized spacial score (nSPS) is 10.9. The molecule has 0 aliphatic heterocycles. The molecular formula is C12H10ClF3N2O. The maximum Gasteiger partial charge on any atom is 0.418 e. The number of carbonyl (C=O) groups excluding carboxylic acids is 1. The molecule has 102 valence electrons. The van der Waals surface area contributed by atoms with Crippen LogP contribution in [0.5, 0.6) is 0 Å². The number of halogens is 4. The third-order valence-corrected chi connectivity index (χ3v) is 2.31. The second-order valence-corrected chi connectivity index (χ2v) is 3.98. The molecule has 0 aliphatic rings. The molecule has 2 N–H and O–H groups in total. The summed E-state index contributed by atoms with van der Waals surface area (Å²) in [5.74, 6) is 1.62. The van der Waals surface area contributed by atoms with E-state index in [-0.39, 0.29) is 23.8 Å². The summed E-state index contributed by atoms with van der Waals surface area (Å²) >= 11 is 5.51. The Hall–Kier alpha value is -1.71.